The molecule has 0 radical (unpaired) electrons. The van der Waals surface area contributed by atoms with Crippen LogP contribution < -0.4 is 14.8 Å². The molecule has 0 aliphatic carbocycles. The van der Waals surface area contributed by atoms with Gasteiger partial charge < -0.3 is 19.9 Å². The largest absolute Gasteiger partial charge is 0.478 e. The molecule has 0 heterocycles. The van der Waals surface area contributed by atoms with E-state index in [-0.39, 0.29) is 5.91 Å². The van der Waals surface area contributed by atoms with Crippen LogP contribution in [0.15, 0.2) is 97.1 Å². The van der Waals surface area contributed by atoms with Crippen molar-refractivity contribution in [3.8, 4) is 28.4 Å². The number of carboxylic acid groups (broad SMARTS) is 1. The number of amides is 1. The molecule has 0 bridgehead atoms. The Morgan fingerprint density at radius 1 is 0.811 bits per heavy atom. The number of aryl methyl sites for hydroxylation is 1. The predicted octanol–water partition coefficient (Wildman–Crippen LogP) is 6.63. The predicted molar refractivity (Wildman–Crippen MR) is 143 cm³/mol. The van der Waals surface area contributed by atoms with Gasteiger partial charge in [-0.25, -0.2) is 4.79 Å². The lowest BCUT2D eigenvalue weighted by atomic mass is 10.0. The standard InChI is InChI=1S/C31H29NO5/c1-21-18-27(16-17-28(21)37-31(2,3)30(34)35)36-26-11-7-8-22(19-26)20-32-29(33)25-14-12-24(13-15-25)23-9-5-4-6-10-23/h4-19H,20H2,1-3H3,(H,32,33)(H,34,35). The minimum atomic E-state index is -1.34. The summed E-state index contributed by atoms with van der Waals surface area (Å²) in [6, 6.07) is 30.3. The molecule has 4 aromatic carbocycles. The van der Waals surface area contributed by atoms with Gasteiger partial charge in [0.2, 0.25) is 0 Å². The van der Waals surface area contributed by atoms with Crippen molar-refractivity contribution in [2.24, 2.45) is 0 Å². The average molecular weight is 496 g/mol. The Bertz CT molecular complexity index is 1400. The monoisotopic (exact) mass is 495 g/mol. The molecule has 4 rings (SSSR count). The summed E-state index contributed by atoms with van der Waals surface area (Å²) in [5.74, 6) is 0.505. The molecule has 0 aliphatic heterocycles. The summed E-state index contributed by atoms with van der Waals surface area (Å²) in [5.41, 5.74) is 3.07. The summed E-state index contributed by atoms with van der Waals surface area (Å²) in [7, 11) is 0. The van der Waals surface area contributed by atoms with Crippen molar-refractivity contribution < 1.29 is 24.2 Å². The van der Waals surface area contributed by atoms with E-state index in [9.17, 15) is 14.7 Å². The summed E-state index contributed by atoms with van der Waals surface area (Å²) in [6.45, 7) is 5.19. The van der Waals surface area contributed by atoms with Gasteiger partial charge in [-0.3, -0.25) is 4.79 Å². The van der Waals surface area contributed by atoms with E-state index in [2.05, 4.69) is 5.32 Å². The summed E-state index contributed by atoms with van der Waals surface area (Å²) in [4.78, 5) is 24.0. The minimum Gasteiger partial charge on any atom is -0.478 e. The molecule has 6 nitrogen and oxygen atoms in total. The van der Waals surface area contributed by atoms with Crippen LogP contribution in [-0.4, -0.2) is 22.6 Å². The molecule has 0 unspecified atom stereocenters. The SMILES string of the molecule is Cc1cc(Oc2cccc(CNC(=O)c3ccc(-c4ccccc4)cc3)c2)ccc1OC(C)(C)C(=O)O. The van der Waals surface area contributed by atoms with Crippen molar-refractivity contribution in [2.75, 3.05) is 0 Å². The smallest absolute Gasteiger partial charge is 0.347 e. The van der Waals surface area contributed by atoms with Gasteiger partial charge in [-0.2, -0.15) is 0 Å². The molecule has 37 heavy (non-hydrogen) atoms. The molecule has 0 spiro atoms. The molecule has 4 aromatic rings. The molecule has 6 heteroatoms. The Labute approximate surface area is 216 Å². The lowest BCUT2D eigenvalue weighted by Gasteiger charge is -2.23. The van der Waals surface area contributed by atoms with Crippen LogP contribution in [0, 0.1) is 6.92 Å². The quantitative estimate of drug-likeness (QED) is 0.272. The van der Waals surface area contributed by atoms with E-state index in [1.165, 1.54) is 13.8 Å². The molecular weight excluding hydrogens is 466 g/mol. The summed E-state index contributed by atoms with van der Waals surface area (Å²) < 4.78 is 11.6. The number of rotatable bonds is 9. The normalized spacial score (nSPS) is 11.0. The molecule has 2 N–H and O–H groups in total. The first kappa shape index (κ1) is 25.5. The van der Waals surface area contributed by atoms with Gasteiger partial charge in [-0.15, -0.1) is 0 Å². The number of ether oxygens (including phenoxy) is 2. The number of carboxylic acids is 1. The van der Waals surface area contributed by atoms with E-state index < -0.39 is 11.6 Å². The zero-order valence-electron chi connectivity index (χ0n) is 21.0. The van der Waals surface area contributed by atoms with Crippen LogP contribution in [0.2, 0.25) is 0 Å². The van der Waals surface area contributed by atoms with Gasteiger partial charge in [0, 0.05) is 12.1 Å². The third kappa shape index (κ3) is 6.55. The Hall–Kier alpha value is -4.58. The maximum atomic E-state index is 12.7. The van der Waals surface area contributed by atoms with E-state index in [0.29, 0.717) is 29.4 Å². The summed E-state index contributed by atoms with van der Waals surface area (Å²) >= 11 is 0. The van der Waals surface area contributed by atoms with E-state index in [1.54, 1.807) is 18.2 Å². The fourth-order valence-electron chi connectivity index (χ4n) is 3.70. The fraction of sp³-hybridized carbons (Fsp3) is 0.161. The lowest BCUT2D eigenvalue weighted by Crippen LogP contribution is -2.38. The highest BCUT2D eigenvalue weighted by Crippen LogP contribution is 2.30. The Balaban J connectivity index is 1.36. The number of hydrogen-bond donors (Lipinski definition) is 2. The second-order valence-corrected chi connectivity index (χ2v) is 9.22. The Morgan fingerprint density at radius 3 is 2.16 bits per heavy atom. The van der Waals surface area contributed by atoms with Crippen LogP contribution in [0.25, 0.3) is 11.1 Å². The second-order valence-electron chi connectivity index (χ2n) is 9.22. The third-order valence-corrected chi connectivity index (χ3v) is 5.87. The topological polar surface area (TPSA) is 84.9 Å². The molecule has 0 fully saturated rings. The third-order valence-electron chi connectivity index (χ3n) is 5.87. The number of hydrogen-bond acceptors (Lipinski definition) is 4. The number of carbonyl (C=O) groups excluding carboxylic acids is 1. The van der Waals surface area contributed by atoms with E-state index in [1.807, 2.05) is 85.8 Å². The molecule has 0 aromatic heterocycles. The second kappa shape index (κ2) is 11.0. The van der Waals surface area contributed by atoms with Crippen molar-refractivity contribution >= 4 is 11.9 Å². The highest BCUT2D eigenvalue weighted by Gasteiger charge is 2.29. The van der Waals surface area contributed by atoms with E-state index >= 15 is 0 Å². The van der Waals surface area contributed by atoms with Gasteiger partial charge in [0.05, 0.1) is 0 Å². The van der Waals surface area contributed by atoms with Crippen molar-refractivity contribution in [1.82, 2.24) is 5.32 Å². The van der Waals surface area contributed by atoms with E-state index in [0.717, 1.165) is 22.3 Å². The molecule has 188 valence electrons. The van der Waals surface area contributed by atoms with Gasteiger partial charge >= 0.3 is 5.97 Å². The Morgan fingerprint density at radius 2 is 1.49 bits per heavy atom. The first-order valence-corrected chi connectivity index (χ1v) is 11.9. The lowest BCUT2D eigenvalue weighted by molar-refractivity contribution is -0.152. The fourth-order valence-corrected chi connectivity index (χ4v) is 3.70. The maximum absolute atomic E-state index is 12.7. The summed E-state index contributed by atoms with van der Waals surface area (Å²) in [5, 5.41) is 12.2. The average Bonchev–Trinajstić information content (AvgIpc) is 2.89. The van der Waals surface area contributed by atoms with Gasteiger partial charge in [-0.05, 0) is 85.5 Å². The van der Waals surface area contributed by atoms with Crippen molar-refractivity contribution in [2.45, 2.75) is 32.9 Å². The van der Waals surface area contributed by atoms with Gasteiger partial charge in [0.1, 0.15) is 17.2 Å². The molecule has 0 atom stereocenters. The maximum Gasteiger partial charge on any atom is 0.347 e. The van der Waals surface area contributed by atoms with Crippen LogP contribution in [0.3, 0.4) is 0 Å². The first-order valence-electron chi connectivity index (χ1n) is 11.9. The van der Waals surface area contributed by atoms with Crippen LogP contribution in [0.1, 0.15) is 35.3 Å². The number of carbonyl (C=O) groups is 2. The zero-order valence-corrected chi connectivity index (χ0v) is 21.0. The van der Waals surface area contributed by atoms with Crippen molar-refractivity contribution in [3.05, 3.63) is 114 Å². The van der Waals surface area contributed by atoms with Gasteiger partial charge in [0.25, 0.3) is 5.91 Å². The minimum absolute atomic E-state index is 0.151. The highest BCUT2D eigenvalue weighted by molar-refractivity contribution is 5.94. The molecule has 0 saturated heterocycles. The van der Waals surface area contributed by atoms with Crippen molar-refractivity contribution in [3.63, 3.8) is 0 Å². The zero-order chi connectivity index (χ0) is 26.4. The number of benzene rings is 4. The molecule has 1 amide bonds. The first-order chi connectivity index (χ1) is 17.7. The highest BCUT2D eigenvalue weighted by atomic mass is 16.5. The molecular formula is C31H29NO5. The van der Waals surface area contributed by atoms with Crippen LogP contribution in [0.4, 0.5) is 0 Å². The summed E-state index contributed by atoms with van der Waals surface area (Å²) in [6.07, 6.45) is 0. The molecule has 0 saturated carbocycles. The van der Waals surface area contributed by atoms with E-state index in [4.69, 9.17) is 9.47 Å². The number of aliphatic carboxylic acids is 1. The van der Waals surface area contributed by atoms with Crippen LogP contribution in [-0.2, 0) is 11.3 Å². The van der Waals surface area contributed by atoms with Crippen molar-refractivity contribution in [1.29, 1.82) is 0 Å². The Kier molecular flexibility index (Phi) is 7.58. The van der Waals surface area contributed by atoms with Crippen LogP contribution in [0.5, 0.6) is 17.2 Å². The van der Waals surface area contributed by atoms with Gasteiger partial charge in [-0.1, -0.05) is 54.6 Å². The van der Waals surface area contributed by atoms with Gasteiger partial charge in [0.15, 0.2) is 5.60 Å². The number of nitrogens with one attached hydrogen (secondary N) is 1. The molecule has 0 aliphatic rings. The van der Waals surface area contributed by atoms with Crippen LogP contribution >= 0.6 is 0 Å².